The lowest BCUT2D eigenvalue weighted by molar-refractivity contribution is -0.167. The number of carbonyl (C=O) groups is 3. The fourth-order valence-electron chi connectivity index (χ4n) is 6.82. The van der Waals surface area contributed by atoms with Crippen LogP contribution in [0.15, 0.2) is 24.3 Å². The van der Waals surface area contributed by atoms with Gasteiger partial charge in [0.15, 0.2) is 6.10 Å². The molecule has 0 aliphatic rings. The van der Waals surface area contributed by atoms with Crippen molar-refractivity contribution < 1.29 is 28.6 Å². The standard InChI is InChI=1S/C49H90O6/c1-4-7-10-13-16-19-20-21-22-23-24-25-26-27-28-31-33-36-39-42-48(51)54-45-46(55-49(52)43-40-37-34-30-18-15-12-9-6-3)44-53-47(50)41-38-35-32-29-17-14-11-8-5-2/h16,19,21-22,46H,4-15,17-18,20,23-45H2,1-3H3/b19-16-,22-21-. The lowest BCUT2D eigenvalue weighted by Crippen LogP contribution is -2.30. The second-order valence-corrected chi connectivity index (χ2v) is 16.0. The molecule has 322 valence electrons. The van der Waals surface area contributed by atoms with Crippen LogP contribution < -0.4 is 0 Å². The highest BCUT2D eigenvalue weighted by atomic mass is 16.6. The Labute approximate surface area is 341 Å². The Morgan fingerprint density at radius 1 is 0.364 bits per heavy atom. The number of allylic oxidation sites excluding steroid dienone is 4. The first-order valence-corrected chi connectivity index (χ1v) is 23.8. The Kier molecular flexibility index (Phi) is 42.9. The Balaban J connectivity index is 4.22. The molecule has 0 bridgehead atoms. The number of rotatable bonds is 43. The third-order valence-corrected chi connectivity index (χ3v) is 10.5. The van der Waals surface area contributed by atoms with E-state index in [9.17, 15) is 14.4 Å². The lowest BCUT2D eigenvalue weighted by atomic mass is 10.1. The van der Waals surface area contributed by atoms with Gasteiger partial charge in [-0.2, -0.15) is 0 Å². The minimum absolute atomic E-state index is 0.0689. The zero-order valence-corrected chi connectivity index (χ0v) is 36.7. The number of unbranched alkanes of at least 4 members (excludes halogenated alkanes) is 28. The largest absolute Gasteiger partial charge is 0.462 e. The predicted octanol–water partition coefficient (Wildman–Crippen LogP) is 15.2. The topological polar surface area (TPSA) is 78.9 Å². The van der Waals surface area contributed by atoms with Gasteiger partial charge in [0.05, 0.1) is 0 Å². The molecule has 0 aliphatic heterocycles. The summed E-state index contributed by atoms with van der Waals surface area (Å²) in [6, 6.07) is 0. The number of hydrogen-bond donors (Lipinski definition) is 0. The first-order valence-electron chi connectivity index (χ1n) is 23.8. The van der Waals surface area contributed by atoms with Crippen LogP contribution in [0.3, 0.4) is 0 Å². The summed E-state index contributed by atoms with van der Waals surface area (Å²) in [4.78, 5) is 37.6. The summed E-state index contributed by atoms with van der Waals surface area (Å²) >= 11 is 0. The van der Waals surface area contributed by atoms with Gasteiger partial charge in [0.25, 0.3) is 0 Å². The summed E-state index contributed by atoms with van der Waals surface area (Å²) in [5.74, 6) is -0.872. The van der Waals surface area contributed by atoms with Gasteiger partial charge in [-0.3, -0.25) is 14.4 Å². The maximum absolute atomic E-state index is 12.7. The molecule has 0 saturated carbocycles. The van der Waals surface area contributed by atoms with Gasteiger partial charge in [-0.25, -0.2) is 0 Å². The molecular weight excluding hydrogens is 685 g/mol. The van der Waals surface area contributed by atoms with Gasteiger partial charge in [-0.15, -0.1) is 0 Å². The highest BCUT2D eigenvalue weighted by molar-refractivity contribution is 5.71. The third-order valence-electron chi connectivity index (χ3n) is 10.5. The minimum Gasteiger partial charge on any atom is -0.462 e. The van der Waals surface area contributed by atoms with Crippen molar-refractivity contribution in [2.75, 3.05) is 13.2 Å². The summed E-state index contributed by atoms with van der Waals surface area (Å²) in [7, 11) is 0. The van der Waals surface area contributed by atoms with E-state index in [1.165, 1.54) is 148 Å². The zero-order valence-electron chi connectivity index (χ0n) is 36.7. The van der Waals surface area contributed by atoms with Crippen molar-refractivity contribution in [2.24, 2.45) is 0 Å². The SMILES string of the molecule is CCCCC/C=C\C/C=C\CCCCCCCCCCCC(=O)OCC(COC(=O)CCCCCCCCCCC)OC(=O)CCCCCCCCCCC. The molecule has 55 heavy (non-hydrogen) atoms. The molecule has 0 aromatic rings. The highest BCUT2D eigenvalue weighted by Crippen LogP contribution is 2.15. The molecule has 0 aliphatic carbocycles. The van der Waals surface area contributed by atoms with Crippen LogP contribution in [-0.4, -0.2) is 37.2 Å². The molecule has 0 rings (SSSR count). The van der Waals surface area contributed by atoms with Crippen molar-refractivity contribution in [1.29, 1.82) is 0 Å². The average molecular weight is 775 g/mol. The van der Waals surface area contributed by atoms with E-state index in [0.29, 0.717) is 19.3 Å². The molecule has 1 unspecified atom stereocenters. The normalized spacial score (nSPS) is 12.1. The molecule has 0 N–H and O–H groups in total. The van der Waals surface area contributed by atoms with Crippen LogP contribution in [0.25, 0.3) is 0 Å². The summed E-state index contributed by atoms with van der Waals surface area (Å²) in [6.45, 7) is 6.58. The van der Waals surface area contributed by atoms with Gasteiger partial charge in [-0.1, -0.05) is 206 Å². The van der Waals surface area contributed by atoms with Gasteiger partial charge in [0.1, 0.15) is 13.2 Å². The Morgan fingerprint density at radius 2 is 0.655 bits per heavy atom. The molecule has 0 spiro atoms. The van der Waals surface area contributed by atoms with E-state index in [-0.39, 0.29) is 31.1 Å². The summed E-state index contributed by atoms with van der Waals surface area (Å²) in [5.41, 5.74) is 0. The van der Waals surface area contributed by atoms with E-state index in [1.54, 1.807) is 0 Å². The molecule has 0 fully saturated rings. The van der Waals surface area contributed by atoms with Crippen LogP contribution >= 0.6 is 0 Å². The maximum atomic E-state index is 12.7. The maximum Gasteiger partial charge on any atom is 0.306 e. The van der Waals surface area contributed by atoms with Gasteiger partial charge < -0.3 is 14.2 Å². The molecule has 6 nitrogen and oxygen atoms in total. The molecule has 0 aromatic carbocycles. The fourth-order valence-corrected chi connectivity index (χ4v) is 6.82. The van der Waals surface area contributed by atoms with Crippen LogP contribution in [-0.2, 0) is 28.6 Å². The number of esters is 3. The van der Waals surface area contributed by atoms with Gasteiger partial charge in [0.2, 0.25) is 0 Å². The average Bonchev–Trinajstić information content (AvgIpc) is 3.18. The van der Waals surface area contributed by atoms with Crippen molar-refractivity contribution in [3.63, 3.8) is 0 Å². The Morgan fingerprint density at radius 3 is 1.04 bits per heavy atom. The minimum atomic E-state index is -0.764. The van der Waals surface area contributed by atoms with Crippen LogP contribution in [0, 0.1) is 0 Å². The molecule has 0 aromatic heterocycles. The smallest absolute Gasteiger partial charge is 0.306 e. The van der Waals surface area contributed by atoms with E-state index < -0.39 is 6.10 Å². The molecule has 0 amide bonds. The van der Waals surface area contributed by atoms with Crippen LogP contribution in [0.5, 0.6) is 0 Å². The quantitative estimate of drug-likeness (QED) is 0.0266. The fraction of sp³-hybridized carbons (Fsp3) is 0.857. The second-order valence-electron chi connectivity index (χ2n) is 16.0. The van der Waals surface area contributed by atoms with Crippen molar-refractivity contribution in [1.82, 2.24) is 0 Å². The summed E-state index contributed by atoms with van der Waals surface area (Å²) < 4.78 is 16.7. The van der Waals surface area contributed by atoms with Crippen molar-refractivity contribution in [3.8, 4) is 0 Å². The summed E-state index contributed by atoms with van der Waals surface area (Å²) in [5, 5.41) is 0. The van der Waals surface area contributed by atoms with E-state index in [0.717, 1.165) is 64.2 Å². The van der Waals surface area contributed by atoms with Crippen molar-refractivity contribution >= 4 is 17.9 Å². The third kappa shape index (κ3) is 42.9. The van der Waals surface area contributed by atoms with E-state index in [4.69, 9.17) is 14.2 Å². The van der Waals surface area contributed by atoms with E-state index in [1.807, 2.05) is 0 Å². The number of carbonyl (C=O) groups excluding carboxylic acids is 3. The zero-order chi connectivity index (χ0) is 40.1. The first kappa shape index (κ1) is 52.9. The van der Waals surface area contributed by atoms with Crippen LogP contribution in [0.1, 0.15) is 252 Å². The number of ether oxygens (including phenoxy) is 3. The molecule has 0 radical (unpaired) electrons. The monoisotopic (exact) mass is 775 g/mol. The van der Waals surface area contributed by atoms with Crippen LogP contribution in [0.2, 0.25) is 0 Å². The van der Waals surface area contributed by atoms with Gasteiger partial charge >= 0.3 is 17.9 Å². The predicted molar refractivity (Wildman–Crippen MR) is 233 cm³/mol. The molecule has 0 saturated heterocycles. The Hall–Kier alpha value is -2.11. The molecule has 0 heterocycles. The van der Waals surface area contributed by atoms with E-state index in [2.05, 4.69) is 45.1 Å². The molecule has 1 atom stereocenters. The van der Waals surface area contributed by atoms with Gasteiger partial charge in [0, 0.05) is 19.3 Å². The van der Waals surface area contributed by atoms with Crippen LogP contribution in [0.4, 0.5) is 0 Å². The van der Waals surface area contributed by atoms with E-state index >= 15 is 0 Å². The lowest BCUT2D eigenvalue weighted by Gasteiger charge is -2.18. The Bertz CT molecular complexity index is 896. The van der Waals surface area contributed by atoms with Crippen molar-refractivity contribution in [2.45, 2.75) is 258 Å². The van der Waals surface area contributed by atoms with Crippen molar-refractivity contribution in [3.05, 3.63) is 24.3 Å². The summed E-state index contributed by atoms with van der Waals surface area (Å²) in [6.07, 6.45) is 48.8. The first-order chi connectivity index (χ1) is 27.0. The van der Waals surface area contributed by atoms with Gasteiger partial charge in [-0.05, 0) is 51.4 Å². The second kappa shape index (κ2) is 44.6. The molecule has 6 heteroatoms. The molecular formula is C49H90O6. The number of hydrogen-bond acceptors (Lipinski definition) is 6. The highest BCUT2D eigenvalue weighted by Gasteiger charge is 2.19.